The fourth-order valence-electron chi connectivity index (χ4n) is 0. The summed E-state index contributed by atoms with van der Waals surface area (Å²) in [7, 11) is 0. The molecule has 31 valence electrons. The second-order valence-electron chi connectivity index (χ2n) is 0. The van der Waals surface area contributed by atoms with E-state index >= 15 is 0 Å². The van der Waals surface area contributed by atoms with Crippen LogP contribution < -0.4 is 0 Å². The summed E-state index contributed by atoms with van der Waals surface area (Å²) in [6.45, 7) is 5.00. The first-order valence-corrected chi connectivity index (χ1v) is 0.707. The summed E-state index contributed by atoms with van der Waals surface area (Å²) in [6, 6.07) is 0. The van der Waals surface area contributed by atoms with Gasteiger partial charge in [-0.25, -0.2) is 0 Å². The molecule has 1 radical (unpaired) electrons. The Morgan fingerprint density at radius 2 is 1.20 bits per heavy atom. The Balaban J connectivity index is -0.00000000167. The van der Waals surface area contributed by atoms with Crippen molar-refractivity contribution in [3.8, 4) is 0 Å². The maximum atomic E-state index is 3.25. The molecule has 0 unspecified atom stereocenters. The largest absolute Gasteiger partial charge is 3.00 e. The predicted octanol–water partition coefficient (Wildman–Crippen LogP) is 2.01. The molecule has 1 nitrogen and oxygen atoms in total. The van der Waals surface area contributed by atoms with E-state index in [1.165, 1.54) is 0 Å². The third-order valence-electron chi connectivity index (χ3n) is 0. The van der Waals surface area contributed by atoms with Crippen molar-refractivity contribution in [2.45, 2.75) is 6.92 Å². The zero-order chi connectivity index (χ0) is 2.00. The normalized spacial score (nSPS) is 1.20. The molecule has 0 aromatic rings. The van der Waals surface area contributed by atoms with Crippen molar-refractivity contribution in [3.63, 3.8) is 0 Å². The Kier molecular flexibility index (Phi) is 812. The molecule has 0 atom stereocenters. The summed E-state index contributed by atoms with van der Waals surface area (Å²) in [6.07, 6.45) is 0. The van der Waals surface area contributed by atoms with Gasteiger partial charge in [-0.15, -0.1) is 0 Å². The van der Waals surface area contributed by atoms with E-state index in [1.807, 2.05) is 0 Å². The summed E-state index contributed by atoms with van der Waals surface area (Å²) >= 11 is 0. The van der Waals surface area contributed by atoms with Crippen LogP contribution in [0.4, 0.5) is 0 Å². The van der Waals surface area contributed by atoms with Gasteiger partial charge in [-0.2, -0.15) is 6.92 Å². The van der Waals surface area contributed by atoms with Crippen molar-refractivity contribution in [1.82, 2.24) is 0 Å². The Bertz CT molecular complexity index is 6.85. The smallest absolute Gasteiger partial charge is 0.693 e. The average Bonchev–Trinajstić information content (AvgIpc) is 1.00. The molecule has 0 saturated heterocycles. The molecule has 0 fully saturated rings. The topological polar surface area (TPSA) is 33.5 Å². The fourth-order valence-corrected chi connectivity index (χ4v) is 0. The van der Waals surface area contributed by atoms with Crippen LogP contribution in [0, 0.1) is 14.4 Å². The van der Waals surface area contributed by atoms with Gasteiger partial charge in [0.05, 0.1) is 0 Å². The maximum absolute atomic E-state index is 3.25. The van der Waals surface area contributed by atoms with Gasteiger partial charge < -0.3 is 20.5 Å². The number of rotatable bonds is 0. The molecular weight excluding hydrogens is 141 g/mol. The van der Waals surface area contributed by atoms with Crippen LogP contribution in [0.25, 0.3) is 6.15 Å². The molecule has 5 heavy (non-hydrogen) atoms. The second kappa shape index (κ2) is 101. The van der Waals surface area contributed by atoms with Crippen LogP contribution in [-0.2, 0) is 26.2 Å². The van der Waals surface area contributed by atoms with Crippen molar-refractivity contribution in [1.29, 1.82) is 0 Å². The second-order valence-corrected chi connectivity index (χ2v) is 0. The van der Waals surface area contributed by atoms with E-state index < -0.39 is 0 Å². The Morgan fingerprint density at radius 3 is 1.20 bits per heavy atom. The van der Waals surface area contributed by atoms with E-state index in [2.05, 4.69) is 6.92 Å². The fraction of sp³-hybridized carbons (Fsp3) is 0.333. The number of nitrogens with two attached hydrogens (primary N) is 1. The van der Waals surface area contributed by atoms with Gasteiger partial charge in [0, 0.05) is 0 Å². The zero-order valence-electron chi connectivity index (χ0n) is 3.78. The summed E-state index contributed by atoms with van der Waals surface area (Å²) in [4.78, 5) is 0. The van der Waals surface area contributed by atoms with Gasteiger partial charge in [0.1, 0.15) is 0 Å². The molecule has 2 N–H and O–H groups in total. The van der Waals surface area contributed by atoms with Gasteiger partial charge in [0.25, 0.3) is 0 Å². The van der Waals surface area contributed by atoms with E-state index in [4.69, 9.17) is 0 Å². The van der Waals surface area contributed by atoms with E-state index in [1.54, 1.807) is 6.92 Å². The maximum Gasteiger partial charge on any atom is 3.00 e. The molecule has 2 heteroatoms. The molecule has 0 aromatic carbocycles. The van der Waals surface area contributed by atoms with E-state index in [9.17, 15) is 0 Å². The first-order chi connectivity index (χ1) is 1.00. The first-order valence-electron chi connectivity index (χ1n) is 0.707. The van der Waals surface area contributed by atoms with Crippen LogP contribution in [-0.4, -0.2) is 0 Å². The number of hydrogen-bond acceptors (Lipinski definition) is 0. The molecule has 0 rings (SSSR count). The third kappa shape index (κ3) is 55.1. The standard InChI is InChI=1S/C2H5.CH3.H2N.Zr/c1-2;;;/h1H2,2H3;1H3;1H2;/q3*-1;+3. The van der Waals surface area contributed by atoms with Gasteiger partial charge in [-0.3, -0.25) is 0 Å². The molecule has 0 aliphatic rings. The monoisotopic (exact) mass is 150 g/mol. The van der Waals surface area contributed by atoms with Gasteiger partial charge in [0.15, 0.2) is 0 Å². The molecule has 0 saturated carbocycles. The molecule has 0 heterocycles. The van der Waals surface area contributed by atoms with Crippen molar-refractivity contribution in [3.05, 3.63) is 20.5 Å². The SMILES string of the molecule is [CH2-]C.[CH3-].[NH2-].[Zr+3]. The van der Waals surface area contributed by atoms with Crippen LogP contribution >= 0.6 is 0 Å². The molecule has 0 bridgehead atoms. The van der Waals surface area contributed by atoms with Gasteiger partial charge in [-0.05, 0) is 0 Å². The molecular formula is C3H10NZr. The first kappa shape index (κ1) is 40.3. The van der Waals surface area contributed by atoms with Crippen LogP contribution in [0.3, 0.4) is 0 Å². The van der Waals surface area contributed by atoms with E-state index in [0.717, 1.165) is 0 Å². The van der Waals surface area contributed by atoms with Crippen LogP contribution in [0.1, 0.15) is 6.92 Å². The Labute approximate surface area is 53.9 Å². The molecule has 0 spiro atoms. The van der Waals surface area contributed by atoms with E-state index in [-0.39, 0.29) is 39.8 Å². The summed E-state index contributed by atoms with van der Waals surface area (Å²) in [5.41, 5.74) is 0. The molecule has 0 aromatic heterocycles. The average molecular weight is 151 g/mol. The van der Waals surface area contributed by atoms with Gasteiger partial charge in [-0.1, -0.05) is 0 Å². The summed E-state index contributed by atoms with van der Waals surface area (Å²) < 4.78 is 0. The summed E-state index contributed by atoms with van der Waals surface area (Å²) in [5.74, 6) is 0. The van der Waals surface area contributed by atoms with Crippen LogP contribution in [0.5, 0.6) is 0 Å². The number of hydrogen-bond donors (Lipinski definition) is 0. The van der Waals surface area contributed by atoms with Crippen molar-refractivity contribution in [2.24, 2.45) is 0 Å². The van der Waals surface area contributed by atoms with Crippen molar-refractivity contribution >= 4 is 0 Å². The third-order valence-corrected chi connectivity index (χ3v) is 0. The predicted molar refractivity (Wildman–Crippen MR) is 22.7 cm³/mol. The summed E-state index contributed by atoms with van der Waals surface area (Å²) in [5, 5.41) is 0. The molecule has 0 aliphatic heterocycles. The minimum absolute atomic E-state index is 0. The minimum atomic E-state index is 0. The van der Waals surface area contributed by atoms with Crippen LogP contribution in [0.15, 0.2) is 0 Å². The minimum Gasteiger partial charge on any atom is -0.693 e. The van der Waals surface area contributed by atoms with Gasteiger partial charge in [0.2, 0.25) is 0 Å². The Hall–Kier alpha value is 0.843. The van der Waals surface area contributed by atoms with Gasteiger partial charge >= 0.3 is 26.2 Å². The molecule has 0 aliphatic carbocycles. The molecule has 0 amide bonds. The Morgan fingerprint density at radius 1 is 1.20 bits per heavy atom. The van der Waals surface area contributed by atoms with Crippen molar-refractivity contribution < 1.29 is 26.2 Å². The van der Waals surface area contributed by atoms with Crippen LogP contribution in [0.2, 0.25) is 0 Å². The van der Waals surface area contributed by atoms with Crippen molar-refractivity contribution in [2.75, 3.05) is 0 Å². The quantitative estimate of drug-likeness (QED) is 0.475. The zero-order valence-corrected chi connectivity index (χ0v) is 6.24. The van der Waals surface area contributed by atoms with E-state index in [0.29, 0.717) is 0 Å².